The van der Waals surface area contributed by atoms with Crippen LogP contribution in [-0.2, 0) is 22.7 Å². The van der Waals surface area contributed by atoms with Crippen molar-refractivity contribution in [1.82, 2.24) is 24.2 Å². The number of halogens is 6. The van der Waals surface area contributed by atoms with Crippen LogP contribution in [0.25, 0.3) is 32.2 Å². The lowest BCUT2D eigenvalue weighted by Gasteiger charge is -2.44. The number of alkyl halides is 5. The summed E-state index contributed by atoms with van der Waals surface area (Å²) in [5.41, 5.74) is -3.49. The molecule has 56 heavy (non-hydrogen) atoms. The predicted molar refractivity (Wildman–Crippen MR) is 202 cm³/mol. The van der Waals surface area contributed by atoms with E-state index in [-0.39, 0.29) is 67.1 Å². The Morgan fingerprint density at radius 2 is 1.82 bits per heavy atom. The number of fused-ring (bicyclic) bond motifs is 2. The van der Waals surface area contributed by atoms with E-state index in [1.165, 1.54) is 46.7 Å². The van der Waals surface area contributed by atoms with Crippen molar-refractivity contribution in [2.75, 3.05) is 43.9 Å². The van der Waals surface area contributed by atoms with Gasteiger partial charge in [0.1, 0.15) is 24.3 Å². The Morgan fingerprint density at radius 3 is 2.45 bits per heavy atom. The first-order valence-corrected chi connectivity index (χ1v) is 20.0. The number of piperazine rings is 1. The predicted octanol–water partition coefficient (Wildman–Crippen LogP) is 6.46. The standard InChI is InChI=1S/C36H33ClF5N7O5S2/c1-19-45-26-16-25(36(40,41)42)30(47-9-11-48(12-10-47)35(2,3)34(38)39)23(17-43)28(26)33(51)49(19)13-14-54-27-6-5-20(37)15-22(27)21-7-8-44-29-24(18-55-31(21)29)32(50)46-56(4,52)53/h5-8,15-16,18,34H,9-14H2,1-4H3,(H,46,50). The molecule has 1 saturated heterocycles. The Bertz CT molecular complexity index is 2580. The Morgan fingerprint density at radius 1 is 1.12 bits per heavy atom. The third-order valence-electron chi connectivity index (χ3n) is 9.55. The summed E-state index contributed by atoms with van der Waals surface area (Å²) >= 11 is 7.51. The first kappa shape index (κ1) is 40.8. The van der Waals surface area contributed by atoms with Gasteiger partial charge in [-0.05, 0) is 51.1 Å². The fourth-order valence-corrected chi connectivity index (χ4v) is 8.31. The lowest BCUT2D eigenvalue weighted by molar-refractivity contribution is -0.137. The molecular weight excluding hydrogens is 805 g/mol. The van der Waals surface area contributed by atoms with E-state index in [1.807, 2.05) is 10.8 Å². The second kappa shape index (κ2) is 15.2. The number of ether oxygens (including phenoxy) is 1. The molecule has 1 aliphatic rings. The van der Waals surface area contributed by atoms with Gasteiger partial charge in [-0.25, -0.2) is 26.9 Å². The second-order valence-electron chi connectivity index (χ2n) is 13.6. The molecule has 12 nitrogen and oxygen atoms in total. The lowest BCUT2D eigenvalue weighted by Crippen LogP contribution is -2.57. The molecular formula is C36H33ClF5N7O5S2. The first-order chi connectivity index (χ1) is 26.2. The van der Waals surface area contributed by atoms with Gasteiger partial charge in [-0.15, -0.1) is 11.3 Å². The molecule has 0 atom stereocenters. The molecule has 0 unspecified atom stereocenters. The number of sulfonamides is 1. The largest absolute Gasteiger partial charge is 0.491 e. The van der Waals surface area contributed by atoms with Gasteiger partial charge >= 0.3 is 6.18 Å². The van der Waals surface area contributed by atoms with Crippen molar-refractivity contribution in [3.63, 3.8) is 0 Å². The van der Waals surface area contributed by atoms with Crippen LogP contribution in [0.4, 0.5) is 27.6 Å². The molecule has 6 rings (SSSR count). The maximum atomic E-state index is 14.6. The Balaban J connectivity index is 1.33. The summed E-state index contributed by atoms with van der Waals surface area (Å²) in [5.74, 6) is -0.487. The van der Waals surface area contributed by atoms with Crippen LogP contribution in [0.2, 0.25) is 5.02 Å². The molecule has 0 saturated carbocycles. The number of nitrogens with one attached hydrogen (secondary N) is 1. The number of carbonyl (C=O) groups excluding carboxylic acids is 1. The summed E-state index contributed by atoms with van der Waals surface area (Å²) in [6.45, 7) is 3.63. The highest BCUT2D eigenvalue weighted by Gasteiger charge is 2.42. The summed E-state index contributed by atoms with van der Waals surface area (Å²) in [7, 11) is -3.85. The summed E-state index contributed by atoms with van der Waals surface area (Å²) in [5, 5.41) is 11.8. The topological polar surface area (TPSA) is 151 Å². The van der Waals surface area contributed by atoms with E-state index in [0.717, 1.165) is 23.7 Å². The van der Waals surface area contributed by atoms with Crippen LogP contribution < -0.4 is 19.9 Å². The molecule has 5 aromatic rings. The van der Waals surface area contributed by atoms with Crippen LogP contribution in [0.3, 0.4) is 0 Å². The number of aryl methyl sites for hydroxylation is 1. The van der Waals surface area contributed by atoms with Gasteiger partial charge in [0, 0.05) is 53.9 Å². The normalized spacial score (nSPS) is 14.4. The van der Waals surface area contributed by atoms with Crippen molar-refractivity contribution in [3.8, 4) is 22.9 Å². The van der Waals surface area contributed by atoms with Gasteiger partial charge < -0.3 is 9.64 Å². The van der Waals surface area contributed by atoms with Crippen LogP contribution in [0, 0.1) is 18.3 Å². The van der Waals surface area contributed by atoms with Gasteiger partial charge in [0.15, 0.2) is 0 Å². The van der Waals surface area contributed by atoms with Crippen LogP contribution in [0.15, 0.2) is 46.7 Å². The quantitative estimate of drug-likeness (QED) is 0.155. The van der Waals surface area contributed by atoms with Crippen LogP contribution in [0.1, 0.15) is 41.2 Å². The number of pyridine rings is 1. The summed E-state index contributed by atoms with van der Waals surface area (Å²) < 4.78 is 104. The van der Waals surface area contributed by atoms with Gasteiger partial charge in [0.2, 0.25) is 10.0 Å². The van der Waals surface area contributed by atoms with Crippen molar-refractivity contribution < 1.29 is 39.9 Å². The number of carbonyl (C=O) groups is 1. The van der Waals surface area contributed by atoms with Gasteiger partial charge in [0.05, 0.1) is 61.8 Å². The number of thiophene rings is 1. The average molecular weight is 838 g/mol. The molecule has 0 bridgehead atoms. The van der Waals surface area contributed by atoms with Crippen LogP contribution >= 0.6 is 22.9 Å². The van der Waals surface area contributed by atoms with Crippen molar-refractivity contribution in [3.05, 3.63) is 79.8 Å². The molecule has 3 aromatic heterocycles. The van der Waals surface area contributed by atoms with E-state index in [4.69, 9.17) is 16.3 Å². The molecule has 1 aliphatic heterocycles. The zero-order chi connectivity index (χ0) is 40.9. The molecule has 0 aliphatic carbocycles. The van der Waals surface area contributed by atoms with Crippen molar-refractivity contribution in [2.45, 2.75) is 45.5 Å². The van der Waals surface area contributed by atoms with Gasteiger partial charge in [-0.1, -0.05) is 11.6 Å². The number of aromatic nitrogens is 3. The van der Waals surface area contributed by atoms with Crippen LogP contribution in [-0.4, -0.2) is 84.8 Å². The van der Waals surface area contributed by atoms with E-state index in [9.17, 15) is 45.2 Å². The number of anilines is 1. The highest BCUT2D eigenvalue weighted by molar-refractivity contribution is 7.89. The van der Waals surface area contributed by atoms with E-state index in [1.54, 1.807) is 24.3 Å². The van der Waals surface area contributed by atoms with E-state index in [2.05, 4.69) is 9.97 Å². The fraction of sp³-hybridized carbons (Fsp3) is 0.361. The zero-order valence-electron chi connectivity index (χ0n) is 30.2. The fourth-order valence-electron chi connectivity index (χ4n) is 6.66. The summed E-state index contributed by atoms with van der Waals surface area (Å²) in [6, 6.07) is 8.99. The number of amides is 1. The number of benzene rings is 2. The maximum absolute atomic E-state index is 14.6. The Labute approximate surface area is 326 Å². The molecule has 1 N–H and O–H groups in total. The van der Waals surface area contributed by atoms with Gasteiger partial charge in [0.25, 0.3) is 17.9 Å². The van der Waals surface area contributed by atoms with Crippen molar-refractivity contribution in [2.24, 2.45) is 0 Å². The Kier molecular flexibility index (Phi) is 11.1. The molecule has 4 heterocycles. The second-order valence-corrected chi connectivity index (χ2v) is 16.6. The van der Waals surface area contributed by atoms with Crippen LogP contribution in [0.5, 0.6) is 5.75 Å². The molecule has 20 heteroatoms. The summed E-state index contributed by atoms with van der Waals surface area (Å²) in [4.78, 5) is 38.1. The number of nitrogens with zero attached hydrogens (tertiary/aromatic N) is 6. The zero-order valence-corrected chi connectivity index (χ0v) is 32.6. The number of hydrogen-bond donors (Lipinski definition) is 1. The molecule has 1 amide bonds. The number of rotatable bonds is 10. The average Bonchev–Trinajstić information content (AvgIpc) is 3.56. The van der Waals surface area contributed by atoms with E-state index < -0.39 is 56.4 Å². The molecule has 1 fully saturated rings. The highest BCUT2D eigenvalue weighted by atomic mass is 35.5. The van der Waals surface area contributed by atoms with E-state index >= 15 is 0 Å². The lowest BCUT2D eigenvalue weighted by atomic mass is 9.98. The minimum atomic E-state index is -4.93. The van der Waals surface area contributed by atoms with Gasteiger partial charge in [-0.2, -0.15) is 18.4 Å². The monoisotopic (exact) mass is 837 g/mol. The maximum Gasteiger partial charge on any atom is 0.418 e. The minimum Gasteiger partial charge on any atom is -0.491 e. The third kappa shape index (κ3) is 7.88. The van der Waals surface area contributed by atoms with Gasteiger partial charge in [-0.3, -0.25) is 24.0 Å². The third-order valence-corrected chi connectivity index (χ3v) is 11.3. The molecule has 0 radical (unpaired) electrons. The van der Waals surface area contributed by atoms with E-state index in [0.29, 0.717) is 26.6 Å². The molecule has 0 spiro atoms. The molecule has 2 aromatic carbocycles. The smallest absolute Gasteiger partial charge is 0.418 e. The van der Waals surface area contributed by atoms with Crippen molar-refractivity contribution in [1.29, 1.82) is 5.26 Å². The van der Waals surface area contributed by atoms with Crippen molar-refractivity contribution >= 4 is 65.7 Å². The highest BCUT2D eigenvalue weighted by Crippen LogP contribution is 2.43. The first-order valence-electron chi connectivity index (χ1n) is 16.9. The number of nitriles is 1. The minimum absolute atomic E-state index is 0.00484. The molecule has 296 valence electrons. The SMILES string of the molecule is Cc1nc2cc(C(F)(F)F)c(N3CCN(C(C)(C)C(F)F)CC3)c(C#N)c2c(=O)n1CCOc1ccc(Cl)cc1-c1ccnc2c(C(=O)NS(C)(=O)=O)csc12. The Hall–Kier alpha value is -4.90. The summed E-state index contributed by atoms with van der Waals surface area (Å²) in [6.07, 6.45) is -5.35. The number of hydrogen-bond acceptors (Lipinski definition) is 11.